The van der Waals surface area contributed by atoms with Gasteiger partial charge in [0.15, 0.2) is 0 Å². The summed E-state index contributed by atoms with van der Waals surface area (Å²) in [5.74, 6) is 0. The molecule has 0 saturated carbocycles. The molecule has 0 fully saturated rings. The zero-order valence-corrected chi connectivity index (χ0v) is 7.25. The lowest BCUT2D eigenvalue weighted by atomic mass is 9.93. The second kappa shape index (κ2) is 2.76. The van der Waals surface area contributed by atoms with E-state index in [4.69, 9.17) is 5.73 Å². The van der Waals surface area contributed by atoms with Crippen LogP contribution in [0.3, 0.4) is 0 Å². The minimum absolute atomic E-state index is 0.209. The molecule has 1 heteroatoms. The second-order valence-corrected chi connectivity index (χ2v) is 3.43. The number of fused-ring (bicyclic) bond motifs is 1. The summed E-state index contributed by atoms with van der Waals surface area (Å²) in [5.41, 5.74) is 9.82. The van der Waals surface area contributed by atoms with Gasteiger partial charge in [0.25, 0.3) is 0 Å². The van der Waals surface area contributed by atoms with Gasteiger partial charge in [-0.25, -0.2) is 0 Å². The lowest BCUT2D eigenvalue weighted by molar-refractivity contribution is 0.802. The maximum absolute atomic E-state index is 5.80. The number of hydrogen-bond donors (Lipinski definition) is 1. The first kappa shape index (κ1) is 7.56. The van der Waals surface area contributed by atoms with E-state index >= 15 is 0 Å². The van der Waals surface area contributed by atoms with Gasteiger partial charge in [-0.2, -0.15) is 0 Å². The third kappa shape index (κ3) is 1.28. The topological polar surface area (TPSA) is 26.0 Å². The Morgan fingerprint density at radius 1 is 1.42 bits per heavy atom. The van der Waals surface area contributed by atoms with Crippen molar-refractivity contribution in [3.05, 3.63) is 41.0 Å². The van der Waals surface area contributed by atoms with Gasteiger partial charge in [-0.3, -0.25) is 0 Å². The Morgan fingerprint density at radius 3 is 3.08 bits per heavy atom. The van der Waals surface area contributed by atoms with Gasteiger partial charge in [0.05, 0.1) is 0 Å². The third-order valence-corrected chi connectivity index (χ3v) is 2.28. The number of rotatable bonds is 0. The highest BCUT2D eigenvalue weighted by atomic mass is 14.6. The van der Waals surface area contributed by atoms with Crippen LogP contribution in [0.25, 0.3) is 6.08 Å². The van der Waals surface area contributed by atoms with Crippen molar-refractivity contribution in [1.29, 1.82) is 0 Å². The standard InChI is InChI=1S/C11H13N/c1-8-2-3-10-7-11(12)5-4-9(10)6-8/h2-6,11H,7,12H2,1H3. The van der Waals surface area contributed by atoms with Crippen LogP contribution in [-0.4, -0.2) is 6.04 Å². The predicted molar refractivity (Wildman–Crippen MR) is 51.9 cm³/mol. The molecule has 62 valence electrons. The van der Waals surface area contributed by atoms with Gasteiger partial charge < -0.3 is 5.73 Å². The minimum Gasteiger partial charge on any atom is -0.324 e. The highest BCUT2D eigenvalue weighted by Gasteiger charge is 2.08. The molecular formula is C11H13N. The fraction of sp³-hybridized carbons (Fsp3) is 0.273. The summed E-state index contributed by atoms with van der Waals surface area (Å²) >= 11 is 0. The van der Waals surface area contributed by atoms with E-state index in [9.17, 15) is 0 Å². The van der Waals surface area contributed by atoms with E-state index in [1.807, 2.05) is 0 Å². The molecule has 12 heavy (non-hydrogen) atoms. The first-order valence-electron chi connectivity index (χ1n) is 4.29. The first-order chi connectivity index (χ1) is 5.75. The molecule has 0 bridgehead atoms. The van der Waals surface area contributed by atoms with E-state index in [2.05, 4.69) is 37.3 Å². The zero-order chi connectivity index (χ0) is 8.55. The Bertz CT molecular complexity index is 326. The SMILES string of the molecule is Cc1ccc2c(c1)C=CC(N)C2. The van der Waals surface area contributed by atoms with Crippen molar-refractivity contribution in [3.63, 3.8) is 0 Å². The summed E-state index contributed by atoms with van der Waals surface area (Å²) in [6.07, 6.45) is 5.17. The molecule has 1 nitrogen and oxygen atoms in total. The molecule has 1 aliphatic rings. The van der Waals surface area contributed by atoms with Gasteiger partial charge in [-0.1, -0.05) is 35.9 Å². The first-order valence-corrected chi connectivity index (χ1v) is 4.29. The number of benzene rings is 1. The van der Waals surface area contributed by atoms with E-state index in [0.29, 0.717) is 0 Å². The van der Waals surface area contributed by atoms with Crippen LogP contribution in [0.5, 0.6) is 0 Å². The quantitative estimate of drug-likeness (QED) is 0.614. The Kier molecular flexibility index (Phi) is 1.74. The van der Waals surface area contributed by atoms with Crippen molar-refractivity contribution < 1.29 is 0 Å². The van der Waals surface area contributed by atoms with Gasteiger partial charge in [0.1, 0.15) is 0 Å². The molecule has 0 aliphatic heterocycles. The molecule has 0 heterocycles. The number of nitrogens with two attached hydrogens (primary N) is 1. The predicted octanol–water partition coefficient (Wildman–Crippen LogP) is 1.89. The average molecular weight is 159 g/mol. The number of aryl methyl sites for hydroxylation is 1. The largest absolute Gasteiger partial charge is 0.324 e. The summed E-state index contributed by atoms with van der Waals surface area (Å²) < 4.78 is 0. The molecule has 2 rings (SSSR count). The van der Waals surface area contributed by atoms with Crippen molar-refractivity contribution in [3.8, 4) is 0 Å². The second-order valence-electron chi connectivity index (χ2n) is 3.43. The monoisotopic (exact) mass is 159 g/mol. The maximum Gasteiger partial charge on any atom is 0.0268 e. The van der Waals surface area contributed by atoms with Crippen LogP contribution in [0.1, 0.15) is 16.7 Å². The Morgan fingerprint density at radius 2 is 2.25 bits per heavy atom. The van der Waals surface area contributed by atoms with E-state index in [1.54, 1.807) is 0 Å². The fourth-order valence-corrected chi connectivity index (χ4v) is 1.60. The number of hydrogen-bond acceptors (Lipinski definition) is 1. The van der Waals surface area contributed by atoms with Gasteiger partial charge in [0, 0.05) is 6.04 Å². The molecule has 1 aliphatic carbocycles. The lowest BCUT2D eigenvalue weighted by Gasteiger charge is -2.15. The highest BCUT2D eigenvalue weighted by molar-refractivity contribution is 5.58. The van der Waals surface area contributed by atoms with Crippen LogP contribution >= 0.6 is 0 Å². The average Bonchev–Trinajstić information content (AvgIpc) is 2.05. The van der Waals surface area contributed by atoms with E-state index in [0.717, 1.165) is 6.42 Å². The van der Waals surface area contributed by atoms with Crippen molar-refractivity contribution in [2.45, 2.75) is 19.4 Å². The maximum atomic E-state index is 5.80. The molecule has 0 amide bonds. The van der Waals surface area contributed by atoms with E-state index in [1.165, 1.54) is 16.7 Å². The van der Waals surface area contributed by atoms with E-state index in [-0.39, 0.29) is 6.04 Å². The Hall–Kier alpha value is -1.08. The summed E-state index contributed by atoms with van der Waals surface area (Å²) in [5, 5.41) is 0. The van der Waals surface area contributed by atoms with Crippen molar-refractivity contribution >= 4 is 6.08 Å². The molecule has 1 aromatic carbocycles. The molecular weight excluding hydrogens is 146 g/mol. The molecule has 0 saturated heterocycles. The van der Waals surface area contributed by atoms with Crippen LogP contribution in [0, 0.1) is 6.92 Å². The summed E-state index contributed by atoms with van der Waals surface area (Å²) in [6, 6.07) is 6.73. The molecule has 0 radical (unpaired) electrons. The van der Waals surface area contributed by atoms with Crippen molar-refractivity contribution in [2.75, 3.05) is 0 Å². The Balaban J connectivity index is 2.47. The van der Waals surface area contributed by atoms with Gasteiger partial charge in [0.2, 0.25) is 0 Å². The fourth-order valence-electron chi connectivity index (χ4n) is 1.60. The van der Waals surface area contributed by atoms with Crippen molar-refractivity contribution in [2.24, 2.45) is 5.73 Å². The summed E-state index contributed by atoms with van der Waals surface area (Å²) in [6.45, 7) is 2.11. The molecule has 0 aromatic heterocycles. The smallest absolute Gasteiger partial charge is 0.0268 e. The van der Waals surface area contributed by atoms with Crippen LogP contribution in [-0.2, 0) is 6.42 Å². The van der Waals surface area contributed by atoms with Crippen LogP contribution in [0.4, 0.5) is 0 Å². The molecule has 2 N–H and O–H groups in total. The van der Waals surface area contributed by atoms with Crippen molar-refractivity contribution in [1.82, 2.24) is 0 Å². The van der Waals surface area contributed by atoms with Crippen LogP contribution < -0.4 is 5.73 Å². The zero-order valence-electron chi connectivity index (χ0n) is 7.25. The van der Waals surface area contributed by atoms with Gasteiger partial charge >= 0.3 is 0 Å². The van der Waals surface area contributed by atoms with Crippen LogP contribution in [0.2, 0.25) is 0 Å². The molecule has 1 unspecified atom stereocenters. The highest BCUT2D eigenvalue weighted by Crippen LogP contribution is 2.19. The molecule has 1 aromatic rings. The summed E-state index contributed by atoms with van der Waals surface area (Å²) in [4.78, 5) is 0. The lowest BCUT2D eigenvalue weighted by Crippen LogP contribution is -2.22. The van der Waals surface area contributed by atoms with Crippen LogP contribution in [0.15, 0.2) is 24.3 Å². The summed E-state index contributed by atoms with van der Waals surface area (Å²) in [7, 11) is 0. The third-order valence-electron chi connectivity index (χ3n) is 2.28. The molecule has 0 spiro atoms. The van der Waals surface area contributed by atoms with Gasteiger partial charge in [-0.15, -0.1) is 0 Å². The Labute approximate surface area is 72.9 Å². The minimum atomic E-state index is 0.209. The van der Waals surface area contributed by atoms with E-state index < -0.39 is 0 Å². The molecule has 1 atom stereocenters. The van der Waals surface area contributed by atoms with Gasteiger partial charge in [-0.05, 0) is 24.5 Å². The normalized spacial score (nSPS) is 20.7.